The van der Waals surface area contributed by atoms with Crippen LogP contribution in [0.5, 0.6) is 0 Å². The third-order valence-corrected chi connectivity index (χ3v) is 3.62. The van der Waals surface area contributed by atoms with Gasteiger partial charge in [-0.2, -0.15) is 0 Å². The lowest BCUT2D eigenvalue weighted by atomic mass is 10.1. The second-order valence-corrected chi connectivity index (χ2v) is 5.42. The average Bonchev–Trinajstić information content (AvgIpc) is 2.43. The molecule has 3 heteroatoms. The molecule has 2 aromatic rings. The molecule has 0 atom stereocenters. The third-order valence-electron chi connectivity index (χ3n) is 3.27. The zero-order valence-corrected chi connectivity index (χ0v) is 12.5. The van der Waals surface area contributed by atoms with Gasteiger partial charge in [-0.3, -0.25) is 4.90 Å². The summed E-state index contributed by atoms with van der Waals surface area (Å²) in [4.78, 5) is 2.20. The topological polar surface area (TPSA) is 23.5 Å². The fraction of sp³-hybridized carbons (Fsp3) is 0.294. The van der Waals surface area contributed by atoms with Crippen LogP contribution in [-0.4, -0.2) is 23.2 Å². The van der Waals surface area contributed by atoms with E-state index in [4.69, 9.17) is 11.6 Å². The minimum absolute atomic E-state index is 0.149. The number of nitrogens with zero attached hydrogens (tertiary/aromatic N) is 1. The maximum Gasteiger partial charge on any atom is 0.0558 e. The molecule has 0 amide bonds. The molecule has 0 aliphatic carbocycles. The Bertz CT molecular complexity index is 542. The van der Waals surface area contributed by atoms with E-state index in [2.05, 4.69) is 29.2 Å². The number of hydrogen-bond donors (Lipinski definition) is 1. The van der Waals surface area contributed by atoms with E-state index in [1.807, 2.05) is 31.2 Å². The van der Waals surface area contributed by atoms with Crippen molar-refractivity contribution in [2.24, 2.45) is 0 Å². The molecule has 0 saturated heterocycles. The molecule has 0 spiro atoms. The quantitative estimate of drug-likeness (QED) is 0.877. The van der Waals surface area contributed by atoms with E-state index in [0.29, 0.717) is 6.54 Å². The van der Waals surface area contributed by atoms with Crippen LogP contribution in [0, 0.1) is 6.92 Å². The first-order valence-electron chi connectivity index (χ1n) is 6.81. The van der Waals surface area contributed by atoms with Gasteiger partial charge in [-0.05, 0) is 29.7 Å². The average molecular weight is 290 g/mol. The van der Waals surface area contributed by atoms with E-state index < -0.39 is 0 Å². The molecule has 0 radical (unpaired) electrons. The number of aryl methyl sites for hydroxylation is 1. The molecular formula is C17H20ClNO. The Morgan fingerprint density at radius 3 is 2.45 bits per heavy atom. The van der Waals surface area contributed by atoms with Crippen LogP contribution in [0.15, 0.2) is 48.5 Å². The van der Waals surface area contributed by atoms with Gasteiger partial charge in [0.05, 0.1) is 6.61 Å². The van der Waals surface area contributed by atoms with Crippen molar-refractivity contribution in [3.63, 3.8) is 0 Å². The summed E-state index contributed by atoms with van der Waals surface area (Å²) in [5.41, 5.74) is 3.50. The van der Waals surface area contributed by atoms with Crippen LogP contribution < -0.4 is 0 Å². The van der Waals surface area contributed by atoms with Gasteiger partial charge < -0.3 is 5.11 Å². The molecule has 0 unspecified atom stereocenters. The molecule has 0 fully saturated rings. The van der Waals surface area contributed by atoms with Crippen molar-refractivity contribution in [1.29, 1.82) is 0 Å². The number of hydrogen-bond acceptors (Lipinski definition) is 2. The highest BCUT2D eigenvalue weighted by Gasteiger charge is 2.09. The molecule has 0 aliphatic heterocycles. The van der Waals surface area contributed by atoms with Crippen LogP contribution in [0.3, 0.4) is 0 Å². The van der Waals surface area contributed by atoms with Gasteiger partial charge in [-0.1, -0.05) is 54.1 Å². The van der Waals surface area contributed by atoms with E-state index in [1.165, 1.54) is 5.56 Å². The molecule has 0 aromatic heterocycles. The Morgan fingerprint density at radius 2 is 1.80 bits per heavy atom. The van der Waals surface area contributed by atoms with Gasteiger partial charge in [0.2, 0.25) is 0 Å². The molecule has 2 rings (SSSR count). The van der Waals surface area contributed by atoms with Crippen molar-refractivity contribution in [2.75, 3.05) is 13.2 Å². The molecule has 1 N–H and O–H groups in total. The highest BCUT2D eigenvalue weighted by atomic mass is 35.5. The summed E-state index contributed by atoms with van der Waals surface area (Å²) in [5, 5.41) is 10.0. The van der Waals surface area contributed by atoms with Crippen LogP contribution >= 0.6 is 11.6 Å². The van der Waals surface area contributed by atoms with Crippen molar-refractivity contribution >= 4 is 11.6 Å². The highest BCUT2D eigenvalue weighted by molar-refractivity contribution is 6.31. The first kappa shape index (κ1) is 15.0. The maximum atomic E-state index is 9.23. The number of halogens is 1. The molecule has 0 saturated carbocycles. The second-order valence-electron chi connectivity index (χ2n) is 5.01. The molecular weight excluding hydrogens is 270 g/mol. The molecule has 2 aromatic carbocycles. The van der Waals surface area contributed by atoms with Crippen molar-refractivity contribution in [3.8, 4) is 0 Å². The summed E-state index contributed by atoms with van der Waals surface area (Å²) in [6, 6.07) is 16.4. The first-order valence-corrected chi connectivity index (χ1v) is 7.19. The minimum Gasteiger partial charge on any atom is -0.395 e. The van der Waals surface area contributed by atoms with Gasteiger partial charge in [0, 0.05) is 24.7 Å². The number of aliphatic hydroxyl groups excluding tert-OH is 1. The summed E-state index contributed by atoms with van der Waals surface area (Å²) >= 11 is 6.29. The van der Waals surface area contributed by atoms with Crippen molar-refractivity contribution < 1.29 is 5.11 Å². The molecule has 20 heavy (non-hydrogen) atoms. The van der Waals surface area contributed by atoms with Gasteiger partial charge in [-0.15, -0.1) is 0 Å². The standard InChI is InChI=1S/C17H20ClNO/c1-14-7-8-16(17(18)11-14)13-19(9-10-20)12-15-5-3-2-4-6-15/h2-8,11,20H,9-10,12-13H2,1H3. The fourth-order valence-corrected chi connectivity index (χ4v) is 2.51. The van der Waals surface area contributed by atoms with Crippen LogP contribution in [0.1, 0.15) is 16.7 Å². The molecule has 0 heterocycles. The third kappa shape index (κ3) is 4.34. The van der Waals surface area contributed by atoms with E-state index >= 15 is 0 Å². The van der Waals surface area contributed by atoms with Crippen LogP contribution in [0.2, 0.25) is 5.02 Å². The maximum absolute atomic E-state index is 9.23. The Hall–Kier alpha value is -1.35. The molecule has 106 valence electrons. The van der Waals surface area contributed by atoms with Gasteiger partial charge in [0.25, 0.3) is 0 Å². The zero-order valence-electron chi connectivity index (χ0n) is 11.7. The van der Waals surface area contributed by atoms with Crippen LogP contribution in [0.25, 0.3) is 0 Å². The number of rotatable bonds is 6. The van der Waals surface area contributed by atoms with Gasteiger partial charge in [0.1, 0.15) is 0 Å². The Labute approximate surface area is 125 Å². The molecule has 0 bridgehead atoms. The predicted octanol–water partition coefficient (Wildman–Crippen LogP) is 3.64. The largest absolute Gasteiger partial charge is 0.395 e. The van der Waals surface area contributed by atoms with E-state index in [-0.39, 0.29) is 6.61 Å². The normalized spacial score (nSPS) is 11.0. The van der Waals surface area contributed by atoms with E-state index in [1.54, 1.807) is 0 Å². The Balaban J connectivity index is 2.09. The summed E-state index contributed by atoms with van der Waals surface area (Å²) in [6.45, 7) is 4.38. The van der Waals surface area contributed by atoms with E-state index in [0.717, 1.165) is 29.2 Å². The first-order chi connectivity index (χ1) is 9.69. The lowest BCUT2D eigenvalue weighted by Crippen LogP contribution is -2.26. The van der Waals surface area contributed by atoms with Crippen molar-refractivity contribution in [1.82, 2.24) is 4.90 Å². The summed E-state index contributed by atoms with van der Waals surface area (Å²) in [5.74, 6) is 0. The smallest absolute Gasteiger partial charge is 0.0558 e. The summed E-state index contributed by atoms with van der Waals surface area (Å²) in [7, 11) is 0. The van der Waals surface area contributed by atoms with Crippen LogP contribution in [0.4, 0.5) is 0 Å². The fourth-order valence-electron chi connectivity index (χ4n) is 2.22. The second kappa shape index (κ2) is 7.44. The van der Waals surface area contributed by atoms with Crippen LogP contribution in [-0.2, 0) is 13.1 Å². The number of aliphatic hydroxyl groups is 1. The van der Waals surface area contributed by atoms with E-state index in [9.17, 15) is 5.11 Å². The zero-order chi connectivity index (χ0) is 14.4. The predicted molar refractivity (Wildman–Crippen MR) is 83.8 cm³/mol. The van der Waals surface area contributed by atoms with Gasteiger partial charge >= 0.3 is 0 Å². The van der Waals surface area contributed by atoms with Gasteiger partial charge in [-0.25, -0.2) is 0 Å². The van der Waals surface area contributed by atoms with Crippen molar-refractivity contribution in [3.05, 3.63) is 70.2 Å². The molecule has 2 nitrogen and oxygen atoms in total. The van der Waals surface area contributed by atoms with Crippen molar-refractivity contribution in [2.45, 2.75) is 20.0 Å². The summed E-state index contributed by atoms with van der Waals surface area (Å²) < 4.78 is 0. The highest BCUT2D eigenvalue weighted by Crippen LogP contribution is 2.20. The Morgan fingerprint density at radius 1 is 1.05 bits per heavy atom. The molecule has 0 aliphatic rings. The summed E-state index contributed by atoms with van der Waals surface area (Å²) in [6.07, 6.45) is 0. The lowest BCUT2D eigenvalue weighted by molar-refractivity contribution is 0.184. The SMILES string of the molecule is Cc1ccc(CN(CCO)Cc2ccccc2)c(Cl)c1. The van der Waals surface area contributed by atoms with Gasteiger partial charge in [0.15, 0.2) is 0 Å². The monoisotopic (exact) mass is 289 g/mol. The lowest BCUT2D eigenvalue weighted by Gasteiger charge is -2.22. The minimum atomic E-state index is 0.149. The number of benzene rings is 2. The Kier molecular flexibility index (Phi) is 5.60.